The number of aliphatic hydroxyl groups is 2. The zero-order valence-electron chi connectivity index (χ0n) is 18.7. The van der Waals surface area contributed by atoms with Gasteiger partial charge in [-0.05, 0) is 49.9 Å². The van der Waals surface area contributed by atoms with Gasteiger partial charge in [0.15, 0.2) is 0 Å². The molecule has 1 aliphatic heterocycles. The monoisotopic (exact) mass is 449 g/mol. The fourth-order valence-electron chi connectivity index (χ4n) is 3.87. The normalized spacial score (nSPS) is 15.0. The van der Waals surface area contributed by atoms with Crippen LogP contribution in [0.2, 0.25) is 0 Å². The summed E-state index contributed by atoms with van der Waals surface area (Å²) < 4.78 is 11.0. The number of ether oxygens (including phenoxy) is 1. The molecule has 1 atom stereocenters. The summed E-state index contributed by atoms with van der Waals surface area (Å²) in [6, 6.07) is 9.87. The number of aliphatic hydroxyl groups excluding tert-OH is 2. The molecule has 1 aromatic carbocycles. The first-order chi connectivity index (χ1) is 16.0. The van der Waals surface area contributed by atoms with E-state index in [-0.39, 0.29) is 24.5 Å². The van der Waals surface area contributed by atoms with Crippen LogP contribution >= 0.6 is 0 Å². The highest BCUT2D eigenvalue weighted by Gasteiger charge is 2.19. The molecular formula is C24H27N5O4. The van der Waals surface area contributed by atoms with Crippen molar-refractivity contribution in [2.24, 2.45) is 0 Å². The molecule has 2 N–H and O–H groups in total. The zero-order valence-corrected chi connectivity index (χ0v) is 18.7. The number of rotatable bonds is 7. The van der Waals surface area contributed by atoms with E-state index in [9.17, 15) is 10.4 Å². The SMILES string of the molecule is CC(C)Oc1ncc(-c2nc(-c3ccc4c(c3)CCN(CC(O)CO)CC4)no2)cc1C#N. The van der Waals surface area contributed by atoms with Gasteiger partial charge in [0.05, 0.1) is 24.4 Å². The molecule has 0 spiro atoms. The lowest BCUT2D eigenvalue weighted by Gasteiger charge is -2.21. The predicted molar refractivity (Wildman–Crippen MR) is 120 cm³/mol. The van der Waals surface area contributed by atoms with Gasteiger partial charge in [0.1, 0.15) is 11.6 Å². The third kappa shape index (κ3) is 5.37. The zero-order chi connectivity index (χ0) is 23.4. The minimum absolute atomic E-state index is 0.0921. The molecule has 0 amide bonds. The van der Waals surface area contributed by atoms with Crippen LogP contribution in [0.1, 0.15) is 30.5 Å². The largest absolute Gasteiger partial charge is 0.474 e. The first-order valence-corrected chi connectivity index (χ1v) is 11.0. The van der Waals surface area contributed by atoms with Gasteiger partial charge in [0, 0.05) is 31.4 Å². The average molecular weight is 450 g/mol. The Morgan fingerprint density at radius 1 is 1.18 bits per heavy atom. The van der Waals surface area contributed by atoms with Crippen molar-refractivity contribution in [3.05, 3.63) is 47.2 Å². The number of hydrogen-bond acceptors (Lipinski definition) is 9. The number of pyridine rings is 1. The number of fused-ring (bicyclic) bond motifs is 1. The van der Waals surface area contributed by atoms with E-state index in [0.717, 1.165) is 31.5 Å². The molecule has 172 valence electrons. The summed E-state index contributed by atoms with van der Waals surface area (Å²) in [5.74, 6) is 1.03. The third-order valence-corrected chi connectivity index (χ3v) is 5.53. The van der Waals surface area contributed by atoms with E-state index in [0.29, 0.717) is 23.5 Å². The van der Waals surface area contributed by atoms with Crippen molar-refractivity contribution in [3.63, 3.8) is 0 Å². The molecule has 0 saturated carbocycles. The van der Waals surface area contributed by atoms with E-state index < -0.39 is 6.10 Å². The summed E-state index contributed by atoms with van der Waals surface area (Å²) in [6.45, 7) is 5.62. The van der Waals surface area contributed by atoms with Gasteiger partial charge in [-0.25, -0.2) is 4.98 Å². The molecule has 4 rings (SSSR count). The molecule has 0 radical (unpaired) electrons. The number of hydrogen-bond donors (Lipinski definition) is 2. The van der Waals surface area contributed by atoms with Crippen molar-refractivity contribution >= 4 is 0 Å². The van der Waals surface area contributed by atoms with Gasteiger partial charge in [0.2, 0.25) is 11.7 Å². The molecule has 0 fully saturated rings. The van der Waals surface area contributed by atoms with Crippen molar-refractivity contribution in [1.29, 1.82) is 5.26 Å². The first-order valence-electron chi connectivity index (χ1n) is 11.0. The van der Waals surface area contributed by atoms with Crippen molar-refractivity contribution in [2.45, 2.75) is 38.9 Å². The van der Waals surface area contributed by atoms with E-state index in [1.807, 2.05) is 19.9 Å². The van der Waals surface area contributed by atoms with Crippen LogP contribution in [0.25, 0.3) is 22.8 Å². The van der Waals surface area contributed by atoms with Gasteiger partial charge >= 0.3 is 0 Å². The second-order valence-electron chi connectivity index (χ2n) is 8.40. The smallest absolute Gasteiger partial charge is 0.259 e. The third-order valence-electron chi connectivity index (χ3n) is 5.53. The van der Waals surface area contributed by atoms with Gasteiger partial charge in [-0.1, -0.05) is 17.3 Å². The van der Waals surface area contributed by atoms with Gasteiger partial charge < -0.3 is 24.4 Å². The second kappa shape index (κ2) is 10.1. The van der Waals surface area contributed by atoms with E-state index in [4.69, 9.17) is 14.4 Å². The highest BCUT2D eigenvalue weighted by Crippen LogP contribution is 2.27. The Bertz CT molecular complexity index is 1150. The maximum atomic E-state index is 9.75. The molecule has 1 aliphatic rings. The Hall–Kier alpha value is -3.32. The number of nitrogens with zero attached hydrogens (tertiary/aromatic N) is 5. The minimum atomic E-state index is -0.721. The van der Waals surface area contributed by atoms with Crippen LogP contribution in [0.5, 0.6) is 5.88 Å². The van der Waals surface area contributed by atoms with Crippen LogP contribution in [0.3, 0.4) is 0 Å². The number of benzene rings is 1. The molecular weight excluding hydrogens is 422 g/mol. The average Bonchev–Trinajstić information content (AvgIpc) is 3.22. The molecule has 9 nitrogen and oxygen atoms in total. The molecule has 33 heavy (non-hydrogen) atoms. The Morgan fingerprint density at radius 2 is 1.97 bits per heavy atom. The van der Waals surface area contributed by atoms with E-state index in [1.54, 1.807) is 12.3 Å². The summed E-state index contributed by atoms with van der Waals surface area (Å²) in [5.41, 5.74) is 4.17. The van der Waals surface area contributed by atoms with E-state index in [1.165, 1.54) is 11.1 Å². The Balaban J connectivity index is 1.53. The summed E-state index contributed by atoms with van der Waals surface area (Å²) in [6.07, 6.45) is 2.45. The van der Waals surface area contributed by atoms with Crippen molar-refractivity contribution < 1.29 is 19.5 Å². The summed E-state index contributed by atoms with van der Waals surface area (Å²) in [5, 5.41) is 32.4. The molecule has 3 heterocycles. The molecule has 3 aromatic rings. The Kier molecular flexibility index (Phi) is 6.99. The van der Waals surface area contributed by atoms with Crippen LogP contribution in [-0.2, 0) is 12.8 Å². The highest BCUT2D eigenvalue weighted by atomic mass is 16.5. The van der Waals surface area contributed by atoms with Gasteiger partial charge in [-0.2, -0.15) is 10.2 Å². The molecule has 9 heteroatoms. The van der Waals surface area contributed by atoms with Crippen molar-refractivity contribution in [2.75, 3.05) is 26.2 Å². The molecule has 1 unspecified atom stereocenters. The Morgan fingerprint density at radius 3 is 2.70 bits per heavy atom. The lowest BCUT2D eigenvalue weighted by Crippen LogP contribution is -2.35. The van der Waals surface area contributed by atoms with Crippen molar-refractivity contribution in [3.8, 4) is 34.8 Å². The minimum Gasteiger partial charge on any atom is -0.474 e. The highest BCUT2D eigenvalue weighted by molar-refractivity contribution is 5.62. The molecule has 0 aliphatic carbocycles. The predicted octanol–water partition coefficient (Wildman–Crippen LogP) is 2.21. The van der Waals surface area contributed by atoms with Crippen molar-refractivity contribution in [1.82, 2.24) is 20.0 Å². The van der Waals surface area contributed by atoms with Gasteiger partial charge in [-0.3, -0.25) is 0 Å². The Labute approximate surface area is 192 Å². The standard InChI is InChI=1S/C24H27N5O4/c1-15(2)32-23-19(11-25)10-20(12-26-23)24-27-22(28-33-24)18-4-3-16-5-7-29(13-21(31)14-30)8-6-17(16)9-18/h3-4,9-10,12,15,21,30-31H,5-8,13-14H2,1-2H3. The topological polar surface area (TPSA) is 129 Å². The van der Waals surface area contributed by atoms with E-state index >= 15 is 0 Å². The van der Waals surface area contributed by atoms with Crippen LogP contribution in [0, 0.1) is 11.3 Å². The van der Waals surface area contributed by atoms with Crippen LogP contribution in [0.15, 0.2) is 35.0 Å². The quantitative estimate of drug-likeness (QED) is 0.558. The molecule has 0 saturated heterocycles. The fourth-order valence-corrected chi connectivity index (χ4v) is 3.87. The molecule has 2 aromatic heterocycles. The summed E-state index contributed by atoms with van der Waals surface area (Å²) >= 11 is 0. The summed E-state index contributed by atoms with van der Waals surface area (Å²) in [7, 11) is 0. The van der Waals surface area contributed by atoms with Crippen LogP contribution in [-0.4, -0.2) is 68.7 Å². The maximum absolute atomic E-state index is 9.75. The number of β-amino-alcohol motifs (C(OH)–C–C–N with tert-alkyl or cyclic N) is 1. The van der Waals surface area contributed by atoms with E-state index in [2.05, 4.69) is 38.2 Å². The van der Waals surface area contributed by atoms with Crippen LogP contribution in [0.4, 0.5) is 0 Å². The fraction of sp³-hybridized carbons (Fsp3) is 0.417. The number of nitriles is 1. The second-order valence-corrected chi connectivity index (χ2v) is 8.40. The van der Waals surface area contributed by atoms with Crippen LogP contribution < -0.4 is 4.74 Å². The maximum Gasteiger partial charge on any atom is 0.259 e. The first kappa shape index (κ1) is 22.9. The lowest BCUT2D eigenvalue weighted by molar-refractivity contribution is 0.0605. The van der Waals surface area contributed by atoms with Gasteiger partial charge in [-0.15, -0.1) is 0 Å². The van der Waals surface area contributed by atoms with Gasteiger partial charge in [0.25, 0.3) is 5.89 Å². The summed E-state index contributed by atoms with van der Waals surface area (Å²) in [4.78, 5) is 10.9. The molecule has 0 bridgehead atoms. The number of aromatic nitrogens is 3. The lowest BCUT2D eigenvalue weighted by atomic mass is 10.00.